The summed E-state index contributed by atoms with van der Waals surface area (Å²) in [6, 6.07) is 14.4. The average molecular weight is 373 g/mol. The Balaban J connectivity index is 1.65. The standard InChI is InChI=1S/C19H23N3O3S/c1-15-4-3-5-17(14-15)21-10-12-22(13-11-21)19(23)16-6-8-18(9-7-16)26(24,25)20-2/h3-9,14,20H,10-13H2,1-2H3. The SMILES string of the molecule is CNS(=O)(=O)c1ccc(C(=O)N2CCN(c3cccc(C)c3)CC2)cc1. The van der Waals surface area contributed by atoms with Crippen molar-refractivity contribution >= 4 is 21.6 Å². The predicted molar refractivity (Wildman–Crippen MR) is 102 cm³/mol. The van der Waals surface area contributed by atoms with Gasteiger partial charge in [-0.15, -0.1) is 0 Å². The van der Waals surface area contributed by atoms with Crippen molar-refractivity contribution in [2.24, 2.45) is 0 Å². The van der Waals surface area contributed by atoms with Crippen molar-refractivity contribution in [1.29, 1.82) is 0 Å². The molecule has 1 N–H and O–H groups in total. The third-order valence-corrected chi connectivity index (χ3v) is 6.04. The van der Waals surface area contributed by atoms with Crippen molar-refractivity contribution in [2.45, 2.75) is 11.8 Å². The molecule has 0 aromatic heterocycles. The van der Waals surface area contributed by atoms with Crippen LogP contribution in [-0.2, 0) is 10.0 Å². The topological polar surface area (TPSA) is 69.7 Å². The van der Waals surface area contributed by atoms with E-state index in [1.807, 2.05) is 11.0 Å². The molecule has 1 amide bonds. The van der Waals surface area contributed by atoms with Crippen molar-refractivity contribution in [3.8, 4) is 0 Å². The summed E-state index contributed by atoms with van der Waals surface area (Å²) < 4.78 is 25.8. The normalized spacial score (nSPS) is 15.2. The van der Waals surface area contributed by atoms with E-state index in [1.165, 1.54) is 30.4 Å². The summed E-state index contributed by atoms with van der Waals surface area (Å²) in [6.45, 7) is 4.91. The van der Waals surface area contributed by atoms with Crippen molar-refractivity contribution in [3.63, 3.8) is 0 Å². The number of piperazine rings is 1. The van der Waals surface area contributed by atoms with Crippen LogP contribution in [-0.4, -0.2) is 52.5 Å². The number of amides is 1. The maximum Gasteiger partial charge on any atom is 0.253 e. The first kappa shape index (κ1) is 18.4. The van der Waals surface area contributed by atoms with Gasteiger partial charge in [0, 0.05) is 37.4 Å². The highest BCUT2D eigenvalue weighted by atomic mass is 32.2. The second-order valence-corrected chi connectivity index (χ2v) is 8.24. The van der Waals surface area contributed by atoms with E-state index in [9.17, 15) is 13.2 Å². The molecule has 7 heteroatoms. The molecule has 6 nitrogen and oxygen atoms in total. The minimum Gasteiger partial charge on any atom is -0.368 e. The zero-order chi connectivity index (χ0) is 18.7. The highest BCUT2D eigenvalue weighted by Crippen LogP contribution is 2.19. The molecular weight excluding hydrogens is 350 g/mol. The first-order valence-corrected chi connectivity index (χ1v) is 10.0. The van der Waals surface area contributed by atoms with Crippen LogP contribution in [0.4, 0.5) is 5.69 Å². The first-order valence-electron chi connectivity index (χ1n) is 8.55. The molecule has 0 atom stereocenters. The van der Waals surface area contributed by atoms with E-state index in [1.54, 1.807) is 12.1 Å². The Morgan fingerprint density at radius 2 is 1.65 bits per heavy atom. The predicted octanol–water partition coefficient (Wildman–Crippen LogP) is 1.87. The van der Waals surface area contributed by atoms with Gasteiger partial charge in [-0.3, -0.25) is 4.79 Å². The Bertz CT molecular complexity index is 887. The van der Waals surface area contributed by atoms with Gasteiger partial charge < -0.3 is 9.80 Å². The molecule has 0 saturated carbocycles. The molecule has 1 saturated heterocycles. The lowest BCUT2D eigenvalue weighted by molar-refractivity contribution is 0.0746. The van der Waals surface area contributed by atoms with Gasteiger partial charge in [-0.25, -0.2) is 13.1 Å². The summed E-state index contributed by atoms with van der Waals surface area (Å²) in [6.07, 6.45) is 0. The molecule has 2 aromatic carbocycles. The molecular formula is C19H23N3O3S. The lowest BCUT2D eigenvalue weighted by atomic mass is 10.1. The van der Waals surface area contributed by atoms with E-state index in [2.05, 4.69) is 34.7 Å². The number of carbonyl (C=O) groups is 1. The van der Waals surface area contributed by atoms with Crippen LogP contribution in [0.25, 0.3) is 0 Å². The second-order valence-electron chi connectivity index (χ2n) is 6.35. The lowest BCUT2D eigenvalue weighted by Crippen LogP contribution is -2.48. The van der Waals surface area contributed by atoms with Gasteiger partial charge in [0.1, 0.15) is 0 Å². The van der Waals surface area contributed by atoms with E-state index in [0.717, 1.165) is 13.1 Å². The van der Waals surface area contributed by atoms with Crippen LogP contribution < -0.4 is 9.62 Å². The largest absolute Gasteiger partial charge is 0.368 e. The Labute approximate surface area is 154 Å². The van der Waals surface area contributed by atoms with Gasteiger partial charge in [-0.05, 0) is 55.9 Å². The van der Waals surface area contributed by atoms with Crippen LogP contribution in [0.3, 0.4) is 0 Å². The molecule has 1 aliphatic rings. The maximum absolute atomic E-state index is 12.7. The summed E-state index contributed by atoms with van der Waals surface area (Å²) in [4.78, 5) is 16.9. The van der Waals surface area contributed by atoms with E-state index >= 15 is 0 Å². The second kappa shape index (κ2) is 7.47. The van der Waals surface area contributed by atoms with Crippen LogP contribution in [0.2, 0.25) is 0 Å². The maximum atomic E-state index is 12.7. The first-order chi connectivity index (χ1) is 12.4. The number of nitrogens with zero attached hydrogens (tertiary/aromatic N) is 2. The molecule has 2 aromatic rings. The van der Waals surface area contributed by atoms with Gasteiger partial charge >= 0.3 is 0 Å². The smallest absolute Gasteiger partial charge is 0.253 e. The van der Waals surface area contributed by atoms with Gasteiger partial charge in [-0.1, -0.05) is 12.1 Å². The third kappa shape index (κ3) is 3.89. The number of hydrogen-bond donors (Lipinski definition) is 1. The zero-order valence-corrected chi connectivity index (χ0v) is 15.8. The molecule has 0 radical (unpaired) electrons. The number of benzene rings is 2. The minimum absolute atomic E-state index is 0.0673. The molecule has 3 rings (SSSR count). The van der Waals surface area contributed by atoms with Gasteiger partial charge in [0.2, 0.25) is 10.0 Å². The fourth-order valence-electron chi connectivity index (χ4n) is 3.07. The number of aryl methyl sites for hydroxylation is 1. The van der Waals surface area contributed by atoms with E-state index in [-0.39, 0.29) is 10.8 Å². The van der Waals surface area contributed by atoms with Crippen LogP contribution >= 0.6 is 0 Å². The Hall–Kier alpha value is -2.38. The summed E-state index contributed by atoms with van der Waals surface area (Å²) >= 11 is 0. The Morgan fingerprint density at radius 1 is 1.00 bits per heavy atom. The van der Waals surface area contributed by atoms with Gasteiger partial charge in [0.25, 0.3) is 5.91 Å². The molecule has 26 heavy (non-hydrogen) atoms. The molecule has 138 valence electrons. The monoisotopic (exact) mass is 373 g/mol. The van der Waals surface area contributed by atoms with Gasteiger partial charge in [0.15, 0.2) is 0 Å². The van der Waals surface area contributed by atoms with Crippen LogP contribution in [0.1, 0.15) is 15.9 Å². The quantitative estimate of drug-likeness (QED) is 0.888. The number of carbonyl (C=O) groups excluding carboxylic acids is 1. The number of rotatable bonds is 4. The van der Waals surface area contributed by atoms with Crippen molar-refractivity contribution < 1.29 is 13.2 Å². The van der Waals surface area contributed by atoms with E-state index < -0.39 is 10.0 Å². The fraction of sp³-hybridized carbons (Fsp3) is 0.316. The molecule has 1 aliphatic heterocycles. The highest BCUT2D eigenvalue weighted by molar-refractivity contribution is 7.89. The average Bonchev–Trinajstić information content (AvgIpc) is 2.67. The Kier molecular flexibility index (Phi) is 5.29. The third-order valence-electron chi connectivity index (χ3n) is 4.61. The number of sulfonamides is 1. The molecule has 0 bridgehead atoms. The van der Waals surface area contributed by atoms with E-state index in [0.29, 0.717) is 18.7 Å². The number of anilines is 1. The zero-order valence-electron chi connectivity index (χ0n) is 15.0. The molecule has 1 fully saturated rings. The van der Waals surface area contributed by atoms with Gasteiger partial charge in [0.05, 0.1) is 4.90 Å². The van der Waals surface area contributed by atoms with Crippen LogP contribution in [0.15, 0.2) is 53.4 Å². The summed E-state index contributed by atoms with van der Waals surface area (Å²) in [5, 5.41) is 0. The number of hydrogen-bond acceptors (Lipinski definition) is 4. The number of nitrogens with one attached hydrogen (secondary N) is 1. The summed E-state index contributed by atoms with van der Waals surface area (Å²) in [7, 11) is -2.13. The Morgan fingerprint density at radius 3 is 2.23 bits per heavy atom. The van der Waals surface area contributed by atoms with Crippen LogP contribution in [0.5, 0.6) is 0 Å². The summed E-state index contributed by atoms with van der Waals surface area (Å²) in [5.74, 6) is -0.0673. The van der Waals surface area contributed by atoms with Crippen LogP contribution in [0, 0.1) is 6.92 Å². The minimum atomic E-state index is -3.49. The summed E-state index contributed by atoms with van der Waals surface area (Å²) in [5.41, 5.74) is 2.90. The van der Waals surface area contributed by atoms with Crippen molar-refractivity contribution in [1.82, 2.24) is 9.62 Å². The lowest BCUT2D eigenvalue weighted by Gasteiger charge is -2.36. The van der Waals surface area contributed by atoms with Gasteiger partial charge in [-0.2, -0.15) is 0 Å². The molecule has 1 heterocycles. The fourth-order valence-corrected chi connectivity index (χ4v) is 3.80. The highest BCUT2D eigenvalue weighted by Gasteiger charge is 2.23. The molecule has 0 unspecified atom stereocenters. The molecule has 0 aliphatic carbocycles. The van der Waals surface area contributed by atoms with E-state index in [4.69, 9.17) is 0 Å². The molecule has 0 spiro atoms. The van der Waals surface area contributed by atoms with Crippen molar-refractivity contribution in [2.75, 3.05) is 38.1 Å². The van der Waals surface area contributed by atoms with Crippen molar-refractivity contribution in [3.05, 3.63) is 59.7 Å².